The molecule has 1 saturated heterocycles. The first-order valence-corrected chi connectivity index (χ1v) is 12.5. The molecule has 0 amide bonds. The van der Waals surface area contributed by atoms with Crippen LogP contribution in [0.1, 0.15) is 40.5 Å². The largest absolute Gasteiger partial charge is 0.0870 e. The zero-order chi connectivity index (χ0) is 18.5. The van der Waals surface area contributed by atoms with E-state index in [-0.39, 0.29) is 7.92 Å². The van der Waals surface area contributed by atoms with Gasteiger partial charge in [0.1, 0.15) is 0 Å². The molecule has 1 aliphatic heterocycles. The zero-order valence-electron chi connectivity index (χ0n) is 16.4. The van der Waals surface area contributed by atoms with Crippen LogP contribution in [0.2, 0.25) is 0 Å². The average molecular weight is 380 g/mol. The lowest BCUT2D eigenvalue weighted by Crippen LogP contribution is -2.13. The SMILES string of the molecule is C/C=C\C(=C(/C)P(c1ccccc1)c1ccccc1)P1[C@H](C)CC[C@H]1C. The maximum Gasteiger partial charge on any atom is -0.0154 e. The number of benzene rings is 2. The van der Waals surface area contributed by atoms with Gasteiger partial charge in [-0.3, -0.25) is 0 Å². The summed E-state index contributed by atoms with van der Waals surface area (Å²) in [5.41, 5.74) is 1.68. The quantitative estimate of drug-likeness (QED) is 0.388. The van der Waals surface area contributed by atoms with Gasteiger partial charge in [-0.15, -0.1) is 0 Å². The van der Waals surface area contributed by atoms with Crippen LogP contribution in [0.25, 0.3) is 0 Å². The van der Waals surface area contributed by atoms with Crippen molar-refractivity contribution in [2.75, 3.05) is 0 Å². The molecule has 0 nitrogen and oxygen atoms in total. The molecule has 3 rings (SSSR count). The fraction of sp³-hybridized carbons (Fsp3) is 0.333. The highest BCUT2D eigenvalue weighted by atomic mass is 31.1. The Morgan fingerprint density at radius 1 is 0.885 bits per heavy atom. The molecule has 1 aliphatic rings. The van der Waals surface area contributed by atoms with Crippen molar-refractivity contribution in [3.05, 3.63) is 83.4 Å². The summed E-state index contributed by atoms with van der Waals surface area (Å²) in [5.74, 6) is 0. The average Bonchev–Trinajstić information content (AvgIpc) is 3.00. The summed E-state index contributed by atoms with van der Waals surface area (Å²) in [5, 5.41) is 6.17. The van der Waals surface area contributed by atoms with E-state index in [4.69, 9.17) is 0 Å². The van der Waals surface area contributed by atoms with Crippen LogP contribution >= 0.6 is 15.8 Å². The molecule has 0 unspecified atom stereocenters. The first kappa shape index (κ1) is 19.5. The van der Waals surface area contributed by atoms with E-state index in [9.17, 15) is 0 Å². The van der Waals surface area contributed by atoms with Crippen molar-refractivity contribution in [3.8, 4) is 0 Å². The van der Waals surface area contributed by atoms with Crippen LogP contribution in [0.5, 0.6) is 0 Å². The van der Waals surface area contributed by atoms with E-state index >= 15 is 0 Å². The van der Waals surface area contributed by atoms with Gasteiger partial charge in [0.05, 0.1) is 0 Å². The van der Waals surface area contributed by atoms with Gasteiger partial charge in [-0.25, -0.2) is 0 Å². The molecular formula is C24H30P2. The van der Waals surface area contributed by atoms with E-state index in [1.165, 1.54) is 23.5 Å². The Kier molecular flexibility index (Phi) is 6.86. The summed E-state index contributed by atoms with van der Waals surface area (Å²) >= 11 is 0. The number of allylic oxidation sites excluding steroid dienone is 4. The van der Waals surface area contributed by atoms with Gasteiger partial charge in [-0.2, -0.15) is 0 Å². The van der Waals surface area contributed by atoms with Crippen molar-refractivity contribution in [2.24, 2.45) is 0 Å². The normalized spacial score (nSPS) is 22.2. The second-order valence-electron chi connectivity index (χ2n) is 7.16. The molecule has 26 heavy (non-hydrogen) atoms. The van der Waals surface area contributed by atoms with Gasteiger partial charge in [-0.1, -0.05) is 94.6 Å². The Morgan fingerprint density at radius 2 is 1.35 bits per heavy atom. The highest BCUT2D eigenvalue weighted by Crippen LogP contribution is 2.64. The van der Waals surface area contributed by atoms with Gasteiger partial charge in [0.2, 0.25) is 0 Å². The van der Waals surface area contributed by atoms with Crippen molar-refractivity contribution in [3.63, 3.8) is 0 Å². The van der Waals surface area contributed by atoms with Crippen molar-refractivity contribution < 1.29 is 0 Å². The molecule has 0 bridgehead atoms. The third kappa shape index (κ3) is 4.19. The van der Waals surface area contributed by atoms with E-state index in [2.05, 4.69) is 101 Å². The van der Waals surface area contributed by atoms with Crippen LogP contribution in [0.3, 0.4) is 0 Å². The van der Waals surface area contributed by atoms with Crippen molar-refractivity contribution in [1.82, 2.24) is 0 Å². The zero-order valence-corrected chi connectivity index (χ0v) is 18.2. The Balaban J connectivity index is 2.15. The molecule has 1 fully saturated rings. The van der Waals surface area contributed by atoms with Crippen LogP contribution in [-0.2, 0) is 0 Å². The van der Waals surface area contributed by atoms with Gasteiger partial charge in [0.15, 0.2) is 0 Å². The maximum absolute atomic E-state index is 2.47. The van der Waals surface area contributed by atoms with Crippen LogP contribution in [0.15, 0.2) is 83.4 Å². The molecule has 136 valence electrons. The summed E-state index contributed by atoms with van der Waals surface area (Å²) in [6.07, 6.45) is 7.45. The molecule has 0 radical (unpaired) electrons. The predicted molar refractivity (Wildman–Crippen MR) is 122 cm³/mol. The number of hydrogen-bond acceptors (Lipinski definition) is 0. The standard InChI is InChI=1S/C24H30P2/c1-5-12-24(25-19(2)17-18-20(25)3)21(4)26(22-13-8-6-9-14-22)23-15-10-7-11-16-23/h5-16,19-20H,17-18H2,1-4H3/b12-5-,24-21-/t19-,20-/m1/s1. The summed E-state index contributed by atoms with van der Waals surface area (Å²) in [4.78, 5) is 0. The fourth-order valence-electron chi connectivity index (χ4n) is 4.03. The van der Waals surface area contributed by atoms with Crippen molar-refractivity contribution in [1.29, 1.82) is 0 Å². The second kappa shape index (κ2) is 9.12. The molecule has 2 aromatic carbocycles. The maximum atomic E-state index is 2.47. The first-order chi connectivity index (χ1) is 12.6. The monoisotopic (exact) mass is 380 g/mol. The lowest BCUT2D eigenvalue weighted by Gasteiger charge is -2.29. The summed E-state index contributed by atoms with van der Waals surface area (Å²) in [6.45, 7) is 9.51. The smallest absolute Gasteiger partial charge is 0.0154 e. The minimum Gasteiger partial charge on any atom is -0.0870 e. The van der Waals surface area contributed by atoms with Gasteiger partial charge in [0.25, 0.3) is 0 Å². The predicted octanol–water partition coefficient (Wildman–Crippen LogP) is 6.98. The molecule has 2 atom stereocenters. The van der Waals surface area contributed by atoms with Gasteiger partial charge in [-0.05, 0) is 67.2 Å². The van der Waals surface area contributed by atoms with E-state index in [1.54, 1.807) is 10.6 Å². The first-order valence-electron chi connectivity index (χ1n) is 9.65. The topological polar surface area (TPSA) is 0 Å². The Labute approximate surface area is 161 Å². The van der Waals surface area contributed by atoms with E-state index in [0.717, 1.165) is 11.3 Å². The highest BCUT2D eigenvalue weighted by Gasteiger charge is 2.33. The molecule has 1 heterocycles. The second-order valence-corrected chi connectivity index (χ2v) is 12.6. The van der Waals surface area contributed by atoms with Crippen molar-refractivity contribution >= 4 is 26.5 Å². The van der Waals surface area contributed by atoms with Crippen LogP contribution in [0.4, 0.5) is 0 Å². The third-order valence-corrected chi connectivity index (χ3v) is 11.5. The Morgan fingerprint density at radius 3 is 1.77 bits per heavy atom. The summed E-state index contributed by atoms with van der Waals surface area (Å²) < 4.78 is 0. The Hall–Kier alpha value is -1.22. The molecule has 0 saturated carbocycles. The van der Waals surface area contributed by atoms with Gasteiger partial charge >= 0.3 is 0 Å². The van der Waals surface area contributed by atoms with Gasteiger partial charge < -0.3 is 0 Å². The molecule has 0 aliphatic carbocycles. The van der Waals surface area contributed by atoms with Crippen LogP contribution in [0, 0.1) is 0 Å². The molecule has 0 aromatic heterocycles. The van der Waals surface area contributed by atoms with E-state index in [0.29, 0.717) is 0 Å². The fourth-order valence-corrected chi connectivity index (χ4v) is 10.4. The van der Waals surface area contributed by atoms with Crippen LogP contribution < -0.4 is 10.6 Å². The van der Waals surface area contributed by atoms with Crippen molar-refractivity contribution in [2.45, 2.75) is 51.9 Å². The molecular weight excluding hydrogens is 350 g/mol. The molecule has 2 aromatic rings. The summed E-state index contributed by atoms with van der Waals surface area (Å²) in [6, 6.07) is 22.2. The molecule has 2 heteroatoms. The minimum atomic E-state index is -0.473. The van der Waals surface area contributed by atoms with E-state index < -0.39 is 7.92 Å². The lowest BCUT2D eigenvalue weighted by atomic mass is 10.2. The van der Waals surface area contributed by atoms with Crippen LogP contribution in [-0.4, -0.2) is 11.3 Å². The lowest BCUT2D eigenvalue weighted by molar-refractivity contribution is 0.777. The third-order valence-electron chi connectivity index (χ3n) is 5.29. The number of hydrogen-bond donors (Lipinski definition) is 0. The molecule has 0 N–H and O–H groups in total. The van der Waals surface area contributed by atoms with E-state index in [1.807, 2.05) is 0 Å². The highest BCUT2D eigenvalue weighted by molar-refractivity contribution is 7.77. The Bertz CT molecular complexity index is 712. The number of rotatable bonds is 5. The van der Waals surface area contributed by atoms with Gasteiger partial charge in [0, 0.05) is 0 Å². The molecule has 0 spiro atoms. The summed E-state index contributed by atoms with van der Waals surface area (Å²) in [7, 11) is -0.553. The minimum absolute atomic E-state index is 0.0804.